The van der Waals surface area contributed by atoms with E-state index in [1.165, 1.54) is 4.90 Å². The zero-order valence-corrected chi connectivity index (χ0v) is 23.0. The highest BCUT2D eigenvalue weighted by molar-refractivity contribution is 9.09. The highest BCUT2D eigenvalue weighted by Gasteiger charge is 2.77. The predicted octanol–water partition coefficient (Wildman–Crippen LogP) is 2.36. The van der Waals surface area contributed by atoms with E-state index in [1.54, 1.807) is 29.0 Å². The first-order valence-corrected chi connectivity index (χ1v) is 13.7. The fourth-order valence-electron chi connectivity index (χ4n) is 6.34. The summed E-state index contributed by atoms with van der Waals surface area (Å²) < 4.78 is 6.57. The molecule has 3 fully saturated rings. The van der Waals surface area contributed by atoms with Crippen LogP contribution < -0.4 is 0 Å². The molecule has 37 heavy (non-hydrogen) atoms. The number of halogens is 1. The molecule has 3 aliphatic heterocycles. The van der Waals surface area contributed by atoms with Gasteiger partial charge in [0.05, 0.1) is 30.6 Å². The van der Waals surface area contributed by atoms with Gasteiger partial charge in [0.2, 0.25) is 17.7 Å². The number of aliphatic hydroxyl groups is 1. The van der Waals surface area contributed by atoms with Gasteiger partial charge in [-0.1, -0.05) is 65.3 Å². The first kappa shape index (κ1) is 27.5. The number of fused-ring (bicyclic) bond motifs is 1. The van der Waals surface area contributed by atoms with Crippen molar-refractivity contribution in [3.63, 3.8) is 0 Å². The molecule has 9 heteroatoms. The number of amides is 3. The number of hydrogen-bond donors (Lipinski definition) is 1. The first-order chi connectivity index (χ1) is 17.7. The lowest BCUT2D eigenvalue weighted by atomic mass is 9.70. The maximum atomic E-state index is 14.4. The van der Waals surface area contributed by atoms with Crippen molar-refractivity contribution in [3.05, 3.63) is 61.2 Å². The van der Waals surface area contributed by atoms with Gasteiger partial charge in [-0.15, -0.1) is 13.2 Å². The molecule has 8 nitrogen and oxygen atoms in total. The van der Waals surface area contributed by atoms with Crippen molar-refractivity contribution in [3.8, 4) is 0 Å². The third-order valence-electron chi connectivity index (χ3n) is 7.98. The Morgan fingerprint density at radius 1 is 1.24 bits per heavy atom. The average molecular weight is 575 g/mol. The van der Waals surface area contributed by atoms with E-state index < -0.39 is 35.6 Å². The SMILES string of the molecule is C=CCN(C)C(=O)[C@H]1[C@@H]2OC3(CC2Br)C(C(=O)N(CC=C)Cc2ccccc2)N([C@@H](CC)CO)C(=O)[C@H]13. The van der Waals surface area contributed by atoms with E-state index in [0.29, 0.717) is 25.9 Å². The Bertz CT molecular complexity index is 1050. The number of likely N-dealkylation sites (tertiary alicyclic amines) is 1. The summed E-state index contributed by atoms with van der Waals surface area (Å²) in [5, 5.41) is 10.2. The van der Waals surface area contributed by atoms with Crippen LogP contribution in [0.15, 0.2) is 55.6 Å². The molecule has 3 amide bonds. The van der Waals surface area contributed by atoms with Crippen LogP contribution in [0.2, 0.25) is 0 Å². The zero-order chi connectivity index (χ0) is 26.9. The molecule has 0 saturated carbocycles. The molecule has 3 heterocycles. The predicted molar refractivity (Wildman–Crippen MR) is 144 cm³/mol. The molecular formula is C28H36BrN3O5. The van der Waals surface area contributed by atoms with Crippen LogP contribution in [0.4, 0.5) is 0 Å². The van der Waals surface area contributed by atoms with E-state index in [-0.39, 0.29) is 35.7 Å². The molecule has 200 valence electrons. The molecule has 2 bridgehead atoms. The van der Waals surface area contributed by atoms with E-state index in [1.807, 2.05) is 37.3 Å². The van der Waals surface area contributed by atoms with Crippen LogP contribution in [0.3, 0.4) is 0 Å². The summed E-state index contributed by atoms with van der Waals surface area (Å²) in [6, 6.07) is 8.11. The fourth-order valence-corrected chi connectivity index (χ4v) is 7.28. The molecule has 3 aliphatic rings. The highest BCUT2D eigenvalue weighted by atomic mass is 79.9. The quantitative estimate of drug-likeness (QED) is 0.324. The van der Waals surface area contributed by atoms with Crippen molar-refractivity contribution in [1.82, 2.24) is 14.7 Å². The van der Waals surface area contributed by atoms with Crippen molar-refractivity contribution < 1.29 is 24.2 Å². The summed E-state index contributed by atoms with van der Waals surface area (Å²) in [7, 11) is 1.68. The van der Waals surface area contributed by atoms with Gasteiger partial charge in [0, 0.05) is 31.5 Å². The Balaban J connectivity index is 1.78. The molecule has 3 unspecified atom stereocenters. The van der Waals surface area contributed by atoms with Gasteiger partial charge in [-0.05, 0) is 18.4 Å². The van der Waals surface area contributed by atoms with Crippen LogP contribution in [0, 0.1) is 11.8 Å². The maximum absolute atomic E-state index is 14.4. The van der Waals surface area contributed by atoms with Crippen LogP contribution in [0.5, 0.6) is 0 Å². The Morgan fingerprint density at radius 3 is 2.51 bits per heavy atom. The van der Waals surface area contributed by atoms with Crippen molar-refractivity contribution in [1.29, 1.82) is 0 Å². The van der Waals surface area contributed by atoms with Crippen molar-refractivity contribution in [2.75, 3.05) is 26.7 Å². The number of alkyl halides is 1. The van der Waals surface area contributed by atoms with Gasteiger partial charge in [0.15, 0.2) is 0 Å². The molecule has 3 saturated heterocycles. The summed E-state index contributed by atoms with van der Waals surface area (Å²) in [5.41, 5.74) is -0.216. The van der Waals surface area contributed by atoms with E-state index in [4.69, 9.17) is 4.74 Å². The average Bonchev–Trinajstić information content (AvgIpc) is 3.48. The van der Waals surface area contributed by atoms with Gasteiger partial charge in [0.1, 0.15) is 11.6 Å². The van der Waals surface area contributed by atoms with E-state index in [0.717, 1.165) is 5.56 Å². The van der Waals surface area contributed by atoms with Gasteiger partial charge >= 0.3 is 0 Å². The summed E-state index contributed by atoms with van der Waals surface area (Å²) >= 11 is 3.70. The summed E-state index contributed by atoms with van der Waals surface area (Å²) in [6.45, 7) is 10.1. The van der Waals surface area contributed by atoms with Crippen LogP contribution >= 0.6 is 15.9 Å². The topological polar surface area (TPSA) is 90.4 Å². The standard InChI is InChI=1S/C28H36BrN3O5/c1-5-13-30(4)25(34)21-22-26(35)32(19(7-3)17-33)24(28(22)15-20(29)23(21)37-28)27(36)31(14-6-2)16-18-11-9-8-10-12-18/h5-6,8-12,19-24,33H,1-2,7,13-17H2,3-4H3/t19-,20?,21+,22-,23+,24?,28?/m0/s1. The van der Waals surface area contributed by atoms with Gasteiger partial charge in [0.25, 0.3) is 0 Å². The summed E-state index contributed by atoms with van der Waals surface area (Å²) in [6.07, 6.45) is 3.66. The van der Waals surface area contributed by atoms with Crippen molar-refractivity contribution >= 4 is 33.7 Å². The number of carbonyl (C=O) groups excluding carboxylic acids is 3. The number of hydrogen-bond acceptors (Lipinski definition) is 5. The third-order valence-corrected chi connectivity index (χ3v) is 8.82. The summed E-state index contributed by atoms with van der Waals surface area (Å²) in [5.74, 6) is -2.30. The number of likely N-dealkylation sites (N-methyl/N-ethyl adjacent to an activating group) is 1. The molecule has 1 aromatic rings. The number of carbonyl (C=O) groups is 3. The smallest absolute Gasteiger partial charge is 0.249 e. The van der Waals surface area contributed by atoms with Gasteiger partial charge in [-0.3, -0.25) is 14.4 Å². The van der Waals surface area contributed by atoms with E-state index in [9.17, 15) is 19.5 Å². The Labute approximate surface area is 227 Å². The molecular weight excluding hydrogens is 538 g/mol. The number of aliphatic hydroxyl groups excluding tert-OH is 1. The number of rotatable bonds is 11. The lowest BCUT2D eigenvalue weighted by Crippen LogP contribution is -2.58. The number of ether oxygens (including phenoxy) is 1. The van der Waals surface area contributed by atoms with Crippen LogP contribution in [0.1, 0.15) is 25.3 Å². The van der Waals surface area contributed by atoms with E-state index >= 15 is 0 Å². The highest BCUT2D eigenvalue weighted by Crippen LogP contribution is 2.60. The molecule has 1 spiro atoms. The molecule has 0 aliphatic carbocycles. The van der Waals surface area contributed by atoms with Gasteiger partial charge in [-0.25, -0.2) is 0 Å². The normalized spacial score (nSPS) is 30.6. The van der Waals surface area contributed by atoms with Crippen LogP contribution in [-0.2, 0) is 25.7 Å². The second-order valence-corrected chi connectivity index (χ2v) is 11.3. The second-order valence-electron chi connectivity index (χ2n) is 10.2. The Morgan fingerprint density at radius 2 is 1.92 bits per heavy atom. The van der Waals surface area contributed by atoms with E-state index in [2.05, 4.69) is 29.1 Å². The third kappa shape index (κ3) is 4.55. The monoisotopic (exact) mass is 573 g/mol. The van der Waals surface area contributed by atoms with Crippen LogP contribution in [0.25, 0.3) is 0 Å². The summed E-state index contributed by atoms with van der Waals surface area (Å²) in [4.78, 5) is 46.6. The molecule has 0 aromatic heterocycles. The van der Waals surface area contributed by atoms with Crippen molar-refractivity contribution in [2.24, 2.45) is 11.8 Å². The Kier molecular flexibility index (Phi) is 8.26. The number of nitrogens with zero attached hydrogens (tertiary/aromatic N) is 3. The molecule has 1 N–H and O–H groups in total. The maximum Gasteiger partial charge on any atom is 0.249 e. The molecule has 1 aromatic carbocycles. The minimum atomic E-state index is -1.17. The van der Waals surface area contributed by atoms with Crippen LogP contribution in [-0.4, -0.2) is 92.9 Å². The lowest BCUT2D eigenvalue weighted by molar-refractivity contribution is -0.152. The molecule has 0 radical (unpaired) electrons. The van der Waals surface area contributed by atoms with Gasteiger partial charge < -0.3 is 24.5 Å². The van der Waals surface area contributed by atoms with Gasteiger partial charge in [-0.2, -0.15) is 0 Å². The Hall–Kier alpha value is -2.49. The first-order valence-electron chi connectivity index (χ1n) is 12.8. The molecule has 4 rings (SSSR count). The fraction of sp³-hybridized carbons (Fsp3) is 0.536. The second kappa shape index (κ2) is 11.1. The number of benzene rings is 1. The minimum absolute atomic E-state index is 0.186. The largest absolute Gasteiger partial charge is 0.394 e. The minimum Gasteiger partial charge on any atom is -0.394 e. The van der Waals surface area contributed by atoms with Crippen molar-refractivity contribution in [2.45, 2.75) is 54.9 Å². The zero-order valence-electron chi connectivity index (χ0n) is 21.5. The lowest BCUT2D eigenvalue weighted by Gasteiger charge is -2.39. The molecule has 7 atom stereocenters.